The maximum Gasteiger partial charge on any atom is 2.00 e. The molecule has 0 aliphatic rings. The molecule has 0 atom stereocenters. The topological polar surface area (TPSA) is 40.5 Å². The number of hydrogen-bond acceptors (Lipinski definition) is 2. The number of phenolic OH excluding ortho intramolecular Hbond substituents is 2. The van der Waals surface area contributed by atoms with Gasteiger partial charge in [0.05, 0.1) is 10.0 Å². The average Bonchev–Trinajstić information content (AvgIpc) is 2.58. The van der Waals surface area contributed by atoms with E-state index in [-0.39, 0.29) is 43.3 Å². The molecule has 2 N–H and O–H groups in total. The van der Waals surface area contributed by atoms with E-state index >= 15 is 0 Å². The zero-order valence-corrected chi connectivity index (χ0v) is 16.0. The van der Waals surface area contributed by atoms with Gasteiger partial charge in [-0.05, 0) is 33.7 Å². The van der Waals surface area contributed by atoms with Crippen LogP contribution in [0.1, 0.15) is 0 Å². The largest absolute Gasteiger partial charge is 2.00 e. The van der Waals surface area contributed by atoms with Gasteiger partial charge < -0.3 is 10.2 Å². The molecule has 0 aliphatic heterocycles. The van der Waals surface area contributed by atoms with Crippen molar-refractivity contribution in [3.05, 3.63) is 70.7 Å². The molecule has 0 unspecified atom stereocenters. The van der Waals surface area contributed by atoms with Gasteiger partial charge in [-0.2, -0.15) is 0 Å². The van der Waals surface area contributed by atoms with Crippen LogP contribution in [0.15, 0.2) is 60.7 Å². The van der Waals surface area contributed by atoms with Gasteiger partial charge >= 0.3 is 21.7 Å². The Morgan fingerprint density at radius 3 is 1.36 bits per heavy atom. The number of aromatic hydroxyl groups is 2. The molecule has 0 bridgehead atoms. The van der Waals surface area contributed by atoms with Gasteiger partial charge in [0, 0.05) is 11.1 Å². The molecule has 2 nitrogen and oxygen atoms in total. The molecular formula is C20H12Cl2O2Ti+2. The molecule has 0 aliphatic carbocycles. The molecule has 4 rings (SSSR count). The van der Waals surface area contributed by atoms with E-state index in [0.29, 0.717) is 11.1 Å². The fourth-order valence-corrected chi connectivity index (χ4v) is 3.54. The van der Waals surface area contributed by atoms with Gasteiger partial charge in [0.15, 0.2) is 0 Å². The maximum absolute atomic E-state index is 10.6. The molecule has 0 saturated heterocycles. The van der Waals surface area contributed by atoms with Crippen molar-refractivity contribution in [1.82, 2.24) is 0 Å². The minimum Gasteiger partial charge on any atom is -0.506 e. The van der Waals surface area contributed by atoms with Gasteiger partial charge in [-0.15, -0.1) is 0 Å². The molecule has 0 aromatic heterocycles. The van der Waals surface area contributed by atoms with E-state index < -0.39 is 0 Å². The molecular weight excluding hydrogens is 391 g/mol. The van der Waals surface area contributed by atoms with Gasteiger partial charge in [-0.3, -0.25) is 0 Å². The van der Waals surface area contributed by atoms with Gasteiger partial charge in [0.2, 0.25) is 0 Å². The molecule has 0 fully saturated rings. The van der Waals surface area contributed by atoms with Crippen molar-refractivity contribution >= 4 is 44.7 Å². The summed E-state index contributed by atoms with van der Waals surface area (Å²) in [6.45, 7) is 0. The Hall–Kier alpha value is -1.71. The quantitative estimate of drug-likeness (QED) is 0.363. The van der Waals surface area contributed by atoms with Gasteiger partial charge in [0.1, 0.15) is 11.5 Å². The third-order valence-corrected chi connectivity index (χ3v) is 4.78. The number of hydrogen-bond donors (Lipinski definition) is 2. The Balaban J connectivity index is 0.00000182. The first kappa shape index (κ1) is 18.1. The van der Waals surface area contributed by atoms with Crippen LogP contribution < -0.4 is 0 Å². The van der Waals surface area contributed by atoms with Crippen molar-refractivity contribution in [2.75, 3.05) is 0 Å². The molecule has 0 spiro atoms. The minimum absolute atomic E-state index is 0. The number of phenols is 2. The third kappa shape index (κ3) is 2.90. The summed E-state index contributed by atoms with van der Waals surface area (Å²) >= 11 is 12.4. The van der Waals surface area contributed by atoms with Gasteiger partial charge in [0.25, 0.3) is 0 Å². The van der Waals surface area contributed by atoms with E-state index in [4.69, 9.17) is 23.2 Å². The number of rotatable bonds is 1. The van der Waals surface area contributed by atoms with Crippen LogP contribution in [0, 0.1) is 0 Å². The second-order valence-corrected chi connectivity index (χ2v) is 6.42. The summed E-state index contributed by atoms with van der Waals surface area (Å²) in [6.07, 6.45) is 0. The summed E-state index contributed by atoms with van der Waals surface area (Å²) in [5.41, 5.74) is 0.962. The van der Waals surface area contributed by atoms with E-state index in [1.54, 1.807) is 12.1 Å². The van der Waals surface area contributed by atoms with Crippen molar-refractivity contribution in [2.24, 2.45) is 0 Å². The van der Waals surface area contributed by atoms with Crippen molar-refractivity contribution in [2.45, 2.75) is 0 Å². The summed E-state index contributed by atoms with van der Waals surface area (Å²) < 4.78 is 0. The first-order valence-electron chi connectivity index (χ1n) is 7.38. The first-order chi connectivity index (χ1) is 11.6. The summed E-state index contributed by atoms with van der Waals surface area (Å²) in [7, 11) is 0. The molecule has 0 heterocycles. The molecule has 4 aromatic rings. The Labute approximate surface area is 169 Å². The minimum atomic E-state index is -0.0712. The van der Waals surface area contributed by atoms with E-state index in [2.05, 4.69) is 0 Å². The molecule has 25 heavy (non-hydrogen) atoms. The summed E-state index contributed by atoms with van der Waals surface area (Å²) in [6, 6.07) is 18.6. The van der Waals surface area contributed by atoms with Crippen LogP contribution in [-0.2, 0) is 21.7 Å². The first-order valence-corrected chi connectivity index (χ1v) is 8.14. The summed E-state index contributed by atoms with van der Waals surface area (Å²) in [5.74, 6) is -0.142. The van der Waals surface area contributed by atoms with Crippen LogP contribution in [0.4, 0.5) is 0 Å². The fourth-order valence-electron chi connectivity index (χ4n) is 3.11. The fraction of sp³-hybridized carbons (Fsp3) is 0. The van der Waals surface area contributed by atoms with Crippen LogP contribution in [0.25, 0.3) is 32.7 Å². The number of benzene rings is 4. The van der Waals surface area contributed by atoms with Crippen LogP contribution in [0.2, 0.25) is 10.0 Å². The Bertz CT molecular complexity index is 1020. The molecule has 0 saturated carbocycles. The summed E-state index contributed by atoms with van der Waals surface area (Å²) in [5, 5.41) is 25.1. The summed E-state index contributed by atoms with van der Waals surface area (Å²) in [4.78, 5) is 0. The molecule has 5 heteroatoms. The average molecular weight is 403 g/mol. The monoisotopic (exact) mass is 402 g/mol. The third-order valence-electron chi connectivity index (χ3n) is 4.20. The predicted molar refractivity (Wildman–Crippen MR) is 100 cm³/mol. The zero-order chi connectivity index (χ0) is 16.8. The normalized spacial score (nSPS) is 10.8. The van der Waals surface area contributed by atoms with E-state index in [9.17, 15) is 10.2 Å². The second-order valence-electron chi connectivity index (χ2n) is 5.61. The van der Waals surface area contributed by atoms with Crippen molar-refractivity contribution in [1.29, 1.82) is 0 Å². The van der Waals surface area contributed by atoms with Crippen LogP contribution >= 0.6 is 23.2 Å². The smallest absolute Gasteiger partial charge is 0.506 e. The predicted octanol–water partition coefficient (Wildman–Crippen LogP) is 6.38. The van der Waals surface area contributed by atoms with Crippen molar-refractivity contribution in [3.63, 3.8) is 0 Å². The van der Waals surface area contributed by atoms with E-state index in [1.165, 1.54) is 0 Å². The SMILES string of the molecule is Oc1c(Cl)cc2ccccc2c1-c1c(O)c(Cl)cc2ccccc12.[Ti+2]. The van der Waals surface area contributed by atoms with Crippen LogP contribution in [0.5, 0.6) is 11.5 Å². The number of fused-ring (bicyclic) bond motifs is 2. The zero-order valence-electron chi connectivity index (χ0n) is 12.9. The Kier molecular flexibility index (Phi) is 4.99. The molecule has 4 aromatic carbocycles. The second kappa shape index (κ2) is 6.89. The standard InChI is InChI=1S/C20H12Cl2O2.Ti/c21-15-9-11-5-1-3-7-13(11)17(19(15)23)18-14-8-4-2-6-12(14)10-16(22)20(18)24;/h1-10,23-24H;/q;+2. The van der Waals surface area contributed by atoms with Crippen LogP contribution in [0.3, 0.4) is 0 Å². The molecule has 120 valence electrons. The van der Waals surface area contributed by atoms with E-state index in [1.807, 2.05) is 48.5 Å². The van der Waals surface area contributed by atoms with E-state index in [0.717, 1.165) is 21.5 Å². The van der Waals surface area contributed by atoms with Crippen molar-refractivity contribution < 1.29 is 31.9 Å². The Morgan fingerprint density at radius 2 is 0.960 bits per heavy atom. The molecule has 0 radical (unpaired) electrons. The number of halogens is 2. The van der Waals surface area contributed by atoms with Gasteiger partial charge in [-0.1, -0.05) is 71.7 Å². The van der Waals surface area contributed by atoms with Crippen molar-refractivity contribution in [3.8, 4) is 22.6 Å². The Morgan fingerprint density at radius 1 is 0.600 bits per heavy atom. The van der Waals surface area contributed by atoms with Gasteiger partial charge in [-0.25, -0.2) is 0 Å². The van der Waals surface area contributed by atoms with Crippen LogP contribution in [-0.4, -0.2) is 10.2 Å². The molecule has 0 amide bonds. The maximum atomic E-state index is 10.6.